The van der Waals surface area contributed by atoms with Crippen molar-refractivity contribution in [1.82, 2.24) is 0 Å². The van der Waals surface area contributed by atoms with E-state index >= 15 is 0 Å². The Morgan fingerprint density at radius 1 is 0.558 bits per heavy atom. The molecule has 252 valence electrons. The van der Waals surface area contributed by atoms with Crippen LogP contribution in [0.2, 0.25) is 0 Å². The lowest BCUT2D eigenvalue weighted by molar-refractivity contribution is 0.590. The largest absolute Gasteiger partial charge is 0.454 e. The van der Waals surface area contributed by atoms with Crippen LogP contribution in [0, 0.1) is 0 Å². The molecule has 0 amide bonds. The lowest BCUT2D eigenvalue weighted by Gasteiger charge is -2.28. The molecule has 1 aliphatic rings. The fourth-order valence-corrected chi connectivity index (χ4v) is 7.84. The van der Waals surface area contributed by atoms with Crippen LogP contribution in [0.15, 0.2) is 174 Å². The van der Waals surface area contributed by atoms with Crippen molar-refractivity contribution in [1.29, 1.82) is 0 Å². The Morgan fingerprint density at radius 2 is 1.21 bits per heavy atom. The SMILES string of the molecule is CC(C)(C)c1ccc(-c2cccc3cccc(-c4ccccc4N(c4ccc(C5=CC=CCC5)cc4)c4cccc5c4oc4ccccc45)c23)cc1. The zero-order chi connectivity index (χ0) is 35.2. The molecule has 9 rings (SSSR count). The molecule has 0 N–H and O–H groups in total. The second kappa shape index (κ2) is 12.9. The summed E-state index contributed by atoms with van der Waals surface area (Å²) in [4.78, 5) is 2.39. The summed E-state index contributed by atoms with van der Waals surface area (Å²) in [6.45, 7) is 6.81. The Kier molecular flexibility index (Phi) is 7.89. The quantitative estimate of drug-likeness (QED) is 0.175. The van der Waals surface area contributed by atoms with E-state index in [0.717, 1.165) is 57.4 Å². The second-order valence-corrected chi connectivity index (χ2v) is 14.8. The first kappa shape index (κ1) is 31.8. The Morgan fingerprint density at radius 3 is 1.98 bits per heavy atom. The molecule has 0 unspecified atom stereocenters. The number of fused-ring (bicyclic) bond motifs is 4. The average Bonchev–Trinajstić information content (AvgIpc) is 3.58. The van der Waals surface area contributed by atoms with Gasteiger partial charge in [-0.3, -0.25) is 0 Å². The number of anilines is 3. The van der Waals surface area contributed by atoms with Gasteiger partial charge >= 0.3 is 0 Å². The molecular formula is C50H41NO. The first-order valence-electron chi connectivity index (χ1n) is 18.3. The molecule has 1 heterocycles. The molecule has 52 heavy (non-hydrogen) atoms. The Labute approximate surface area is 306 Å². The Bertz CT molecular complexity index is 2640. The van der Waals surface area contributed by atoms with Gasteiger partial charge in [-0.15, -0.1) is 0 Å². The molecule has 2 nitrogen and oxygen atoms in total. The molecule has 0 atom stereocenters. The Hall–Kier alpha value is -6.12. The number of nitrogens with zero attached hydrogens (tertiary/aromatic N) is 1. The minimum atomic E-state index is 0.0934. The smallest absolute Gasteiger partial charge is 0.159 e. The third-order valence-electron chi connectivity index (χ3n) is 10.5. The maximum Gasteiger partial charge on any atom is 0.159 e. The van der Waals surface area contributed by atoms with Gasteiger partial charge in [-0.2, -0.15) is 0 Å². The zero-order valence-electron chi connectivity index (χ0n) is 29.9. The van der Waals surface area contributed by atoms with Crippen molar-refractivity contribution in [2.45, 2.75) is 39.0 Å². The molecule has 0 aliphatic heterocycles. The minimum Gasteiger partial charge on any atom is -0.454 e. The highest BCUT2D eigenvalue weighted by Gasteiger charge is 2.23. The van der Waals surface area contributed by atoms with Crippen molar-refractivity contribution in [3.63, 3.8) is 0 Å². The van der Waals surface area contributed by atoms with E-state index in [1.165, 1.54) is 44.2 Å². The van der Waals surface area contributed by atoms with Gasteiger partial charge in [0.05, 0.1) is 11.4 Å². The Balaban J connectivity index is 1.27. The molecular weight excluding hydrogens is 631 g/mol. The second-order valence-electron chi connectivity index (χ2n) is 14.8. The monoisotopic (exact) mass is 671 g/mol. The lowest BCUT2D eigenvalue weighted by Crippen LogP contribution is -2.11. The van der Waals surface area contributed by atoms with Crippen molar-refractivity contribution >= 4 is 55.3 Å². The highest BCUT2D eigenvalue weighted by Crippen LogP contribution is 2.47. The molecule has 1 aliphatic carbocycles. The molecule has 0 spiro atoms. The van der Waals surface area contributed by atoms with Crippen molar-refractivity contribution in [2.75, 3.05) is 4.90 Å². The first-order chi connectivity index (χ1) is 25.4. The van der Waals surface area contributed by atoms with Gasteiger partial charge in [-0.1, -0.05) is 160 Å². The molecule has 8 aromatic rings. The van der Waals surface area contributed by atoms with Crippen LogP contribution in [0.25, 0.3) is 60.5 Å². The van der Waals surface area contributed by atoms with E-state index in [1.807, 2.05) is 6.07 Å². The van der Waals surface area contributed by atoms with E-state index in [1.54, 1.807) is 0 Å². The van der Waals surface area contributed by atoms with Crippen molar-refractivity contribution in [3.05, 3.63) is 181 Å². The van der Waals surface area contributed by atoms with E-state index in [4.69, 9.17) is 4.42 Å². The number of hydrogen-bond acceptors (Lipinski definition) is 2. The lowest BCUT2D eigenvalue weighted by atomic mass is 9.85. The fourth-order valence-electron chi connectivity index (χ4n) is 7.84. The van der Waals surface area contributed by atoms with Crippen LogP contribution >= 0.6 is 0 Å². The first-order valence-corrected chi connectivity index (χ1v) is 18.3. The van der Waals surface area contributed by atoms with Gasteiger partial charge < -0.3 is 9.32 Å². The summed E-state index contributed by atoms with van der Waals surface area (Å²) in [5, 5.41) is 4.69. The van der Waals surface area contributed by atoms with Gasteiger partial charge in [-0.05, 0) is 92.8 Å². The highest BCUT2D eigenvalue weighted by molar-refractivity contribution is 6.12. The van der Waals surface area contributed by atoms with Crippen LogP contribution in [-0.4, -0.2) is 0 Å². The predicted molar refractivity (Wildman–Crippen MR) is 222 cm³/mol. The van der Waals surface area contributed by atoms with E-state index in [0.29, 0.717) is 0 Å². The van der Waals surface area contributed by atoms with Gasteiger partial charge in [0.25, 0.3) is 0 Å². The number of para-hydroxylation sites is 3. The number of hydrogen-bond donors (Lipinski definition) is 0. The van der Waals surface area contributed by atoms with E-state index in [-0.39, 0.29) is 5.41 Å². The molecule has 2 heteroatoms. The molecule has 0 radical (unpaired) electrons. The van der Waals surface area contributed by atoms with E-state index in [2.05, 4.69) is 189 Å². The third-order valence-corrected chi connectivity index (χ3v) is 10.5. The van der Waals surface area contributed by atoms with Crippen LogP contribution in [0.3, 0.4) is 0 Å². The van der Waals surface area contributed by atoms with Crippen LogP contribution in [0.1, 0.15) is 44.7 Å². The normalized spacial score (nSPS) is 13.2. The summed E-state index contributed by atoms with van der Waals surface area (Å²) in [5.41, 5.74) is 13.8. The summed E-state index contributed by atoms with van der Waals surface area (Å²) in [6.07, 6.45) is 8.80. The summed E-state index contributed by atoms with van der Waals surface area (Å²) in [7, 11) is 0. The van der Waals surface area contributed by atoms with Gasteiger partial charge in [-0.25, -0.2) is 0 Å². The maximum absolute atomic E-state index is 6.69. The standard InChI is InChI=1S/C50H41NO/c1-50(2,3)38-30-26-36(27-31-38)40-20-11-16-37-17-12-21-43(48(37)40)41-18-7-9-23-45(41)51(39-32-28-35(29-33-39)34-14-5-4-6-15-34)46-24-13-22-44-42-19-8-10-25-47(42)52-49(44)46/h4-5,7-14,16-33H,6,15H2,1-3H3. The molecule has 1 aromatic heterocycles. The molecule has 0 saturated carbocycles. The van der Waals surface area contributed by atoms with Crippen LogP contribution in [-0.2, 0) is 5.41 Å². The summed E-state index contributed by atoms with van der Waals surface area (Å²) >= 11 is 0. The average molecular weight is 672 g/mol. The van der Waals surface area contributed by atoms with Crippen molar-refractivity contribution < 1.29 is 4.42 Å². The summed E-state index contributed by atoms with van der Waals surface area (Å²) in [6, 6.07) is 55.2. The van der Waals surface area contributed by atoms with Gasteiger partial charge in [0.15, 0.2) is 5.58 Å². The topological polar surface area (TPSA) is 16.4 Å². The summed E-state index contributed by atoms with van der Waals surface area (Å²) < 4.78 is 6.69. The number of allylic oxidation sites excluding steroid dienone is 4. The molecule has 7 aromatic carbocycles. The van der Waals surface area contributed by atoms with E-state index in [9.17, 15) is 0 Å². The number of rotatable bonds is 6. The molecule has 0 fully saturated rings. The summed E-state index contributed by atoms with van der Waals surface area (Å²) in [5.74, 6) is 0. The highest BCUT2D eigenvalue weighted by atomic mass is 16.3. The zero-order valence-corrected chi connectivity index (χ0v) is 29.9. The molecule has 0 bridgehead atoms. The minimum absolute atomic E-state index is 0.0934. The maximum atomic E-state index is 6.69. The fraction of sp³-hybridized carbons (Fsp3) is 0.120. The van der Waals surface area contributed by atoms with Crippen molar-refractivity contribution in [2.24, 2.45) is 0 Å². The van der Waals surface area contributed by atoms with Crippen LogP contribution in [0.4, 0.5) is 17.1 Å². The van der Waals surface area contributed by atoms with Crippen LogP contribution in [0.5, 0.6) is 0 Å². The predicted octanol–water partition coefficient (Wildman–Crippen LogP) is 14.6. The number of furan rings is 1. The van der Waals surface area contributed by atoms with Gasteiger partial charge in [0, 0.05) is 22.0 Å². The van der Waals surface area contributed by atoms with Gasteiger partial charge in [0.2, 0.25) is 0 Å². The van der Waals surface area contributed by atoms with Crippen molar-refractivity contribution in [3.8, 4) is 22.3 Å². The third kappa shape index (κ3) is 5.61. The van der Waals surface area contributed by atoms with Crippen LogP contribution < -0.4 is 4.90 Å². The number of benzene rings is 7. The van der Waals surface area contributed by atoms with Gasteiger partial charge in [0.1, 0.15) is 5.58 Å². The van der Waals surface area contributed by atoms with E-state index < -0.39 is 0 Å². The molecule has 0 saturated heterocycles.